The van der Waals surface area contributed by atoms with E-state index in [9.17, 15) is 4.79 Å². The number of hydrogen-bond donors (Lipinski definition) is 1. The SMILES string of the molecule is O=C(CCNc1ccn2nccc2n1)N1CCCCC1. The zero-order valence-electron chi connectivity index (χ0n) is 11.5. The Labute approximate surface area is 117 Å². The topological polar surface area (TPSA) is 62.5 Å². The summed E-state index contributed by atoms with van der Waals surface area (Å²) in [6, 6.07) is 3.72. The van der Waals surface area contributed by atoms with E-state index in [4.69, 9.17) is 0 Å². The highest BCUT2D eigenvalue weighted by atomic mass is 16.2. The Balaban J connectivity index is 1.50. The third-order valence-electron chi connectivity index (χ3n) is 3.61. The van der Waals surface area contributed by atoms with Crippen LogP contribution in [0.25, 0.3) is 5.65 Å². The molecule has 1 saturated heterocycles. The van der Waals surface area contributed by atoms with Gasteiger partial charge in [0.2, 0.25) is 5.91 Å². The Kier molecular flexibility index (Phi) is 3.80. The Morgan fingerprint density at radius 1 is 1.25 bits per heavy atom. The van der Waals surface area contributed by atoms with Gasteiger partial charge in [0.1, 0.15) is 5.82 Å². The number of hydrogen-bond acceptors (Lipinski definition) is 4. The first-order chi connectivity index (χ1) is 9.83. The highest BCUT2D eigenvalue weighted by Crippen LogP contribution is 2.10. The molecule has 0 radical (unpaired) electrons. The summed E-state index contributed by atoms with van der Waals surface area (Å²) in [5.74, 6) is 1.02. The number of carbonyl (C=O) groups is 1. The van der Waals surface area contributed by atoms with Crippen molar-refractivity contribution in [3.05, 3.63) is 24.5 Å². The molecule has 106 valence electrons. The molecule has 20 heavy (non-hydrogen) atoms. The standard InChI is InChI=1S/C14H19N5O/c20-14(18-9-2-1-3-10-18)5-7-15-12-6-11-19-13(17-12)4-8-16-19/h4,6,8,11H,1-3,5,7,9-10H2,(H,15,17). The molecule has 0 aromatic carbocycles. The Morgan fingerprint density at radius 2 is 2.10 bits per heavy atom. The molecular weight excluding hydrogens is 254 g/mol. The summed E-state index contributed by atoms with van der Waals surface area (Å²) in [5.41, 5.74) is 0.803. The highest BCUT2D eigenvalue weighted by Gasteiger charge is 2.15. The average molecular weight is 273 g/mol. The zero-order chi connectivity index (χ0) is 13.8. The molecule has 0 bridgehead atoms. The van der Waals surface area contributed by atoms with E-state index in [1.807, 2.05) is 23.2 Å². The van der Waals surface area contributed by atoms with Crippen LogP contribution in [-0.2, 0) is 4.79 Å². The summed E-state index contributed by atoms with van der Waals surface area (Å²) >= 11 is 0. The lowest BCUT2D eigenvalue weighted by atomic mass is 10.1. The second-order valence-corrected chi connectivity index (χ2v) is 5.06. The predicted molar refractivity (Wildman–Crippen MR) is 76.5 cm³/mol. The van der Waals surface area contributed by atoms with E-state index in [1.54, 1.807) is 10.7 Å². The lowest BCUT2D eigenvalue weighted by Crippen LogP contribution is -2.36. The minimum atomic E-state index is 0.239. The number of anilines is 1. The smallest absolute Gasteiger partial charge is 0.224 e. The van der Waals surface area contributed by atoms with Gasteiger partial charge < -0.3 is 10.2 Å². The van der Waals surface area contributed by atoms with Crippen molar-refractivity contribution in [2.45, 2.75) is 25.7 Å². The van der Waals surface area contributed by atoms with Crippen molar-refractivity contribution in [3.63, 3.8) is 0 Å². The molecule has 6 heteroatoms. The van der Waals surface area contributed by atoms with Crippen molar-refractivity contribution in [2.75, 3.05) is 25.0 Å². The number of aromatic nitrogens is 3. The fourth-order valence-corrected chi connectivity index (χ4v) is 2.51. The van der Waals surface area contributed by atoms with Crippen LogP contribution in [0.3, 0.4) is 0 Å². The first-order valence-electron chi connectivity index (χ1n) is 7.15. The van der Waals surface area contributed by atoms with Crippen LogP contribution in [0.4, 0.5) is 5.82 Å². The van der Waals surface area contributed by atoms with Crippen LogP contribution in [-0.4, -0.2) is 45.0 Å². The van der Waals surface area contributed by atoms with E-state index < -0.39 is 0 Å². The highest BCUT2D eigenvalue weighted by molar-refractivity contribution is 5.76. The second-order valence-electron chi connectivity index (χ2n) is 5.06. The van der Waals surface area contributed by atoms with Gasteiger partial charge in [-0.25, -0.2) is 9.50 Å². The number of nitrogens with zero attached hydrogens (tertiary/aromatic N) is 4. The van der Waals surface area contributed by atoms with Gasteiger partial charge in [0, 0.05) is 38.3 Å². The van der Waals surface area contributed by atoms with Gasteiger partial charge in [-0.05, 0) is 25.3 Å². The van der Waals surface area contributed by atoms with Crippen molar-refractivity contribution in [3.8, 4) is 0 Å². The van der Waals surface area contributed by atoms with Crippen molar-refractivity contribution < 1.29 is 4.79 Å². The Bertz CT molecular complexity index is 588. The molecule has 6 nitrogen and oxygen atoms in total. The normalized spacial score (nSPS) is 15.5. The first kappa shape index (κ1) is 12.9. The van der Waals surface area contributed by atoms with E-state index in [0.29, 0.717) is 13.0 Å². The molecule has 0 saturated carbocycles. The number of rotatable bonds is 4. The van der Waals surface area contributed by atoms with Gasteiger partial charge in [0.05, 0.1) is 6.20 Å². The minimum Gasteiger partial charge on any atom is -0.369 e. The van der Waals surface area contributed by atoms with Crippen molar-refractivity contribution >= 4 is 17.4 Å². The first-order valence-corrected chi connectivity index (χ1v) is 7.15. The van der Waals surface area contributed by atoms with E-state index >= 15 is 0 Å². The van der Waals surface area contributed by atoms with Gasteiger partial charge in [-0.1, -0.05) is 0 Å². The van der Waals surface area contributed by atoms with Crippen LogP contribution in [0.5, 0.6) is 0 Å². The molecule has 0 atom stereocenters. The van der Waals surface area contributed by atoms with E-state index in [1.165, 1.54) is 6.42 Å². The maximum absolute atomic E-state index is 12.0. The zero-order valence-corrected chi connectivity index (χ0v) is 11.5. The van der Waals surface area contributed by atoms with Gasteiger partial charge in [-0.3, -0.25) is 4.79 Å². The quantitative estimate of drug-likeness (QED) is 0.918. The molecule has 1 aliphatic heterocycles. The fourth-order valence-electron chi connectivity index (χ4n) is 2.51. The molecule has 0 spiro atoms. The number of carbonyl (C=O) groups excluding carboxylic acids is 1. The predicted octanol–water partition coefficient (Wildman–Crippen LogP) is 1.54. The third-order valence-corrected chi connectivity index (χ3v) is 3.61. The third kappa shape index (κ3) is 2.89. The summed E-state index contributed by atoms with van der Waals surface area (Å²) in [4.78, 5) is 18.4. The molecule has 2 aromatic heterocycles. The lowest BCUT2D eigenvalue weighted by molar-refractivity contribution is -0.131. The van der Waals surface area contributed by atoms with E-state index in [0.717, 1.165) is 37.4 Å². The Morgan fingerprint density at radius 3 is 2.95 bits per heavy atom. The number of likely N-dealkylation sites (tertiary alicyclic amines) is 1. The van der Waals surface area contributed by atoms with Crippen LogP contribution in [0.15, 0.2) is 24.5 Å². The van der Waals surface area contributed by atoms with Crippen LogP contribution < -0.4 is 5.32 Å². The number of piperidine rings is 1. The summed E-state index contributed by atoms with van der Waals surface area (Å²) in [5, 5.41) is 7.29. The van der Waals surface area contributed by atoms with Crippen LogP contribution in [0.1, 0.15) is 25.7 Å². The van der Waals surface area contributed by atoms with Crippen LogP contribution >= 0.6 is 0 Å². The summed E-state index contributed by atoms with van der Waals surface area (Å²) in [6.07, 6.45) is 7.61. The molecule has 1 aliphatic rings. The van der Waals surface area contributed by atoms with Gasteiger partial charge >= 0.3 is 0 Å². The maximum atomic E-state index is 12.0. The molecule has 2 aromatic rings. The van der Waals surface area contributed by atoms with Crippen LogP contribution in [0, 0.1) is 0 Å². The van der Waals surface area contributed by atoms with E-state index in [-0.39, 0.29) is 5.91 Å². The maximum Gasteiger partial charge on any atom is 0.224 e. The monoisotopic (exact) mass is 273 g/mol. The van der Waals surface area contributed by atoms with Crippen molar-refractivity contribution in [2.24, 2.45) is 0 Å². The molecule has 1 N–H and O–H groups in total. The Hall–Kier alpha value is -2.11. The largest absolute Gasteiger partial charge is 0.369 e. The lowest BCUT2D eigenvalue weighted by Gasteiger charge is -2.26. The summed E-state index contributed by atoms with van der Waals surface area (Å²) < 4.78 is 1.71. The summed E-state index contributed by atoms with van der Waals surface area (Å²) in [7, 11) is 0. The van der Waals surface area contributed by atoms with Crippen molar-refractivity contribution in [1.82, 2.24) is 19.5 Å². The number of fused-ring (bicyclic) bond motifs is 1. The molecule has 3 rings (SSSR count). The average Bonchev–Trinajstić information content (AvgIpc) is 2.95. The number of amides is 1. The fraction of sp³-hybridized carbons (Fsp3) is 0.500. The van der Waals surface area contributed by atoms with E-state index in [2.05, 4.69) is 15.4 Å². The molecule has 1 fully saturated rings. The molecule has 3 heterocycles. The molecule has 1 amide bonds. The van der Waals surface area contributed by atoms with Gasteiger partial charge in [-0.2, -0.15) is 5.10 Å². The summed E-state index contributed by atoms with van der Waals surface area (Å²) in [6.45, 7) is 2.45. The molecule has 0 aliphatic carbocycles. The van der Waals surface area contributed by atoms with Crippen molar-refractivity contribution in [1.29, 1.82) is 0 Å². The second kappa shape index (κ2) is 5.90. The van der Waals surface area contributed by atoms with Crippen LogP contribution in [0.2, 0.25) is 0 Å². The van der Waals surface area contributed by atoms with Gasteiger partial charge in [0.25, 0.3) is 0 Å². The molecular formula is C14H19N5O. The van der Waals surface area contributed by atoms with Gasteiger partial charge in [-0.15, -0.1) is 0 Å². The van der Waals surface area contributed by atoms with Gasteiger partial charge in [0.15, 0.2) is 5.65 Å². The number of nitrogens with one attached hydrogen (secondary N) is 1. The molecule has 0 unspecified atom stereocenters. The minimum absolute atomic E-state index is 0.239.